The number of H-pyrrole nitrogens is 1. The molecule has 0 saturated carbocycles. The molecule has 4 rings (SSSR count). The molecule has 0 radical (unpaired) electrons. The number of aryl methyl sites for hydroxylation is 2. The predicted molar refractivity (Wildman–Crippen MR) is 103 cm³/mol. The third kappa shape index (κ3) is 3.46. The first-order valence-electron chi connectivity index (χ1n) is 8.76. The van der Waals surface area contributed by atoms with E-state index in [0.29, 0.717) is 5.69 Å². The first-order valence-corrected chi connectivity index (χ1v) is 8.76. The minimum atomic E-state index is -1.54. The Balaban J connectivity index is 1.76. The molecule has 0 aliphatic rings. The number of anilines is 2. The van der Waals surface area contributed by atoms with Crippen molar-refractivity contribution in [3.8, 4) is 0 Å². The monoisotopic (exact) mass is 399 g/mol. The van der Waals surface area contributed by atoms with Crippen LogP contribution in [0.25, 0.3) is 10.9 Å². The number of halogens is 3. The Morgan fingerprint density at radius 2 is 1.83 bits per heavy atom. The number of rotatable bonds is 4. The van der Waals surface area contributed by atoms with E-state index in [0.717, 1.165) is 28.6 Å². The molecule has 0 fully saturated rings. The number of fused-ring (bicyclic) bond motifs is 1. The summed E-state index contributed by atoms with van der Waals surface area (Å²) in [6.45, 7) is 3.28. The molecule has 2 aromatic carbocycles. The van der Waals surface area contributed by atoms with Crippen LogP contribution in [0.5, 0.6) is 0 Å². The number of hydrogen-bond acceptors (Lipinski definition) is 4. The second kappa shape index (κ2) is 7.08. The molecule has 0 amide bonds. The molecule has 0 bridgehead atoms. The Morgan fingerprint density at radius 3 is 2.55 bits per heavy atom. The van der Waals surface area contributed by atoms with Crippen LogP contribution in [0.2, 0.25) is 0 Å². The van der Waals surface area contributed by atoms with Gasteiger partial charge >= 0.3 is 0 Å². The highest BCUT2D eigenvalue weighted by molar-refractivity contribution is 5.88. The summed E-state index contributed by atoms with van der Waals surface area (Å²) in [7, 11) is 0. The highest BCUT2D eigenvalue weighted by atomic mass is 19.2. The van der Waals surface area contributed by atoms with Crippen LogP contribution >= 0.6 is 0 Å². The van der Waals surface area contributed by atoms with Crippen molar-refractivity contribution in [2.75, 3.05) is 5.32 Å². The standard InChI is InChI=1S/C20H16F3N5O/c1-10-13-5-6-24-17(13)4-3-16(10)25-20-26-19(29)11(2)27-28(20)9-12-7-14(21)18(23)15(22)8-12/h3-8,24H,9H2,1-2H3,(H,25,26,29). The second-order valence-electron chi connectivity index (χ2n) is 6.66. The van der Waals surface area contributed by atoms with Crippen molar-refractivity contribution in [2.45, 2.75) is 20.4 Å². The SMILES string of the molecule is Cc1nn(Cc2cc(F)c(F)c(F)c2)c(Nc2ccc3[nH]ccc3c2C)nc1=O. The maximum absolute atomic E-state index is 13.6. The van der Waals surface area contributed by atoms with Crippen molar-refractivity contribution in [1.82, 2.24) is 19.7 Å². The fourth-order valence-electron chi connectivity index (χ4n) is 3.12. The van der Waals surface area contributed by atoms with Gasteiger partial charge in [-0.2, -0.15) is 10.1 Å². The Morgan fingerprint density at radius 1 is 1.10 bits per heavy atom. The normalized spacial score (nSPS) is 11.2. The van der Waals surface area contributed by atoms with Crippen LogP contribution in [0.1, 0.15) is 16.8 Å². The first-order chi connectivity index (χ1) is 13.8. The zero-order valence-electron chi connectivity index (χ0n) is 15.6. The molecule has 6 nitrogen and oxygen atoms in total. The summed E-state index contributed by atoms with van der Waals surface area (Å²) in [5, 5.41) is 8.22. The lowest BCUT2D eigenvalue weighted by atomic mass is 10.1. The molecule has 2 N–H and O–H groups in total. The molecule has 9 heteroatoms. The zero-order valence-corrected chi connectivity index (χ0v) is 15.6. The van der Waals surface area contributed by atoms with Crippen molar-refractivity contribution in [3.63, 3.8) is 0 Å². The molecule has 2 heterocycles. The molecule has 0 aliphatic carbocycles. The Kier molecular flexibility index (Phi) is 4.57. The summed E-state index contributed by atoms with van der Waals surface area (Å²) in [5.74, 6) is -4.03. The van der Waals surface area contributed by atoms with Gasteiger partial charge in [0.15, 0.2) is 17.5 Å². The summed E-state index contributed by atoms with van der Waals surface area (Å²) in [6.07, 6.45) is 1.82. The minimum absolute atomic E-state index is 0.101. The van der Waals surface area contributed by atoms with Crippen LogP contribution in [0.3, 0.4) is 0 Å². The Labute approximate surface area is 163 Å². The molecule has 4 aromatic rings. The van der Waals surface area contributed by atoms with Crippen LogP contribution in [-0.4, -0.2) is 19.7 Å². The van der Waals surface area contributed by atoms with E-state index in [4.69, 9.17) is 0 Å². The number of benzene rings is 2. The highest BCUT2D eigenvalue weighted by Crippen LogP contribution is 2.26. The van der Waals surface area contributed by atoms with E-state index < -0.39 is 23.0 Å². The second-order valence-corrected chi connectivity index (χ2v) is 6.66. The van der Waals surface area contributed by atoms with E-state index in [9.17, 15) is 18.0 Å². The van der Waals surface area contributed by atoms with Crippen molar-refractivity contribution in [3.05, 3.63) is 81.2 Å². The summed E-state index contributed by atoms with van der Waals surface area (Å²) in [4.78, 5) is 19.2. The smallest absolute Gasteiger partial charge is 0.296 e. The number of nitrogens with zero attached hydrogens (tertiary/aromatic N) is 3. The zero-order chi connectivity index (χ0) is 20.7. The van der Waals surface area contributed by atoms with Gasteiger partial charge in [-0.25, -0.2) is 17.9 Å². The third-order valence-electron chi connectivity index (χ3n) is 4.66. The van der Waals surface area contributed by atoms with Gasteiger partial charge in [0.2, 0.25) is 5.95 Å². The number of nitrogens with one attached hydrogen (secondary N) is 2. The summed E-state index contributed by atoms with van der Waals surface area (Å²) in [5.41, 5.74) is 2.30. The van der Waals surface area contributed by atoms with E-state index in [-0.39, 0.29) is 23.8 Å². The Bertz CT molecular complexity index is 1270. The van der Waals surface area contributed by atoms with Crippen molar-refractivity contribution >= 4 is 22.5 Å². The van der Waals surface area contributed by atoms with E-state index in [1.54, 1.807) is 0 Å². The quantitative estimate of drug-likeness (QED) is 0.510. The van der Waals surface area contributed by atoms with Gasteiger partial charge in [0.25, 0.3) is 5.56 Å². The van der Waals surface area contributed by atoms with Gasteiger partial charge in [0.05, 0.1) is 6.54 Å². The van der Waals surface area contributed by atoms with Crippen molar-refractivity contribution < 1.29 is 13.2 Å². The summed E-state index contributed by atoms with van der Waals surface area (Å²) < 4.78 is 41.7. The number of hydrogen-bond donors (Lipinski definition) is 2. The van der Waals surface area contributed by atoms with E-state index in [2.05, 4.69) is 20.4 Å². The number of aromatic nitrogens is 4. The van der Waals surface area contributed by atoms with Crippen LogP contribution in [0.15, 0.2) is 41.3 Å². The maximum Gasteiger partial charge on any atom is 0.296 e. The molecular formula is C20H16F3N5O. The fraction of sp³-hybridized carbons (Fsp3) is 0.150. The molecule has 148 valence electrons. The lowest BCUT2D eigenvalue weighted by Crippen LogP contribution is -2.23. The van der Waals surface area contributed by atoms with Crippen molar-refractivity contribution in [2.24, 2.45) is 0 Å². The van der Waals surface area contributed by atoms with Gasteiger partial charge in [-0.05, 0) is 55.3 Å². The summed E-state index contributed by atoms with van der Waals surface area (Å²) in [6, 6.07) is 7.39. The average Bonchev–Trinajstić information content (AvgIpc) is 3.15. The highest BCUT2D eigenvalue weighted by Gasteiger charge is 2.15. The van der Waals surface area contributed by atoms with Gasteiger partial charge in [-0.1, -0.05) is 0 Å². The van der Waals surface area contributed by atoms with Crippen LogP contribution in [0.4, 0.5) is 24.8 Å². The van der Waals surface area contributed by atoms with Crippen LogP contribution in [0, 0.1) is 31.3 Å². The van der Waals surface area contributed by atoms with Gasteiger partial charge in [-0.3, -0.25) is 4.79 Å². The molecule has 0 aliphatic heterocycles. The molecule has 2 aromatic heterocycles. The average molecular weight is 399 g/mol. The van der Waals surface area contributed by atoms with Gasteiger partial charge < -0.3 is 10.3 Å². The molecule has 29 heavy (non-hydrogen) atoms. The minimum Gasteiger partial charge on any atom is -0.361 e. The van der Waals surface area contributed by atoms with Crippen molar-refractivity contribution in [1.29, 1.82) is 0 Å². The molecular weight excluding hydrogens is 383 g/mol. The van der Waals surface area contributed by atoms with Crippen LogP contribution in [-0.2, 0) is 6.54 Å². The van der Waals surface area contributed by atoms with Gasteiger partial charge in [0.1, 0.15) is 5.69 Å². The van der Waals surface area contributed by atoms with Gasteiger partial charge in [-0.15, -0.1) is 0 Å². The lowest BCUT2D eigenvalue weighted by Gasteiger charge is -2.15. The third-order valence-corrected chi connectivity index (χ3v) is 4.66. The first kappa shape index (κ1) is 18.7. The molecule has 0 spiro atoms. The molecule has 0 saturated heterocycles. The largest absolute Gasteiger partial charge is 0.361 e. The Hall–Kier alpha value is -3.62. The van der Waals surface area contributed by atoms with Gasteiger partial charge in [0, 0.05) is 22.8 Å². The number of aromatic amines is 1. The summed E-state index contributed by atoms with van der Waals surface area (Å²) >= 11 is 0. The lowest BCUT2D eigenvalue weighted by molar-refractivity contribution is 0.444. The molecule has 0 atom stereocenters. The molecule has 0 unspecified atom stereocenters. The van der Waals surface area contributed by atoms with E-state index in [1.165, 1.54) is 11.6 Å². The topological polar surface area (TPSA) is 75.6 Å². The fourth-order valence-corrected chi connectivity index (χ4v) is 3.12. The van der Waals surface area contributed by atoms with E-state index in [1.807, 2.05) is 31.3 Å². The van der Waals surface area contributed by atoms with Crippen LogP contribution < -0.4 is 10.9 Å². The van der Waals surface area contributed by atoms with E-state index >= 15 is 0 Å². The predicted octanol–water partition coefficient (Wildman–Crippen LogP) is 3.95. The maximum atomic E-state index is 13.6.